The van der Waals surface area contributed by atoms with E-state index in [0.717, 1.165) is 5.56 Å². The summed E-state index contributed by atoms with van der Waals surface area (Å²) in [5.74, 6) is -0.753. The highest BCUT2D eigenvalue weighted by molar-refractivity contribution is 7.92. The van der Waals surface area contributed by atoms with Crippen LogP contribution in [0, 0.1) is 6.92 Å². The fourth-order valence-corrected chi connectivity index (χ4v) is 5.24. The van der Waals surface area contributed by atoms with Gasteiger partial charge in [0.15, 0.2) is 15.6 Å². The van der Waals surface area contributed by atoms with Crippen LogP contribution in [-0.2, 0) is 19.3 Å². The third-order valence-corrected chi connectivity index (χ3v) is 6.60. The third kappa shape index (κ3) is 2.73. The van der Waals surface area contributed by atoms with Gasteiger partial charge < -0.3 is 15.2 Å². The van der Waals surface area contributed by atoms with Gasteiger partial charge in [-0.25, -0.2) is 8.42 Å². The van der Waals surface area contributed by atoms with Crippen LogP contribution in [0.15, 0.2) is 29.2 Å². The van der Waals surface area contributed by atoms with Crippen molar-refractivity contribution in [2.45, 2.75) is 48.2 Å². The molecule has 2 fully saturated rings. The first-order chi connectivity index (χ1) is 9.93. The summed E-state index contributed by atoms with van der Waals surface area (Å²) in [6, 6.07) is 6.58. The molecule has 1 saturated heterocycles. The lowest BCUT2D eigenvalue weighted by molar-refractivity contribution is -0.177. The number of aryl methyl sites for hydroxylation is 1. The number of benzene rings is 1. The van der Waals surface area contributed by atoms with Crippen LogP contribution >= 0.6 is 0 Å². The topological polar surface area (TPSA) is 78.6 Å². The van der Waals surface area contributed by atoms with Crippen molar-refractivity contribution in [1.82, 2.24) is 0 Å². The van der Waals surface area contributed by atoms with Gasteiger partial charge in [-0.05, 0) is 31.0 Å². The minimum absolute atomic E-state index is 0.310. The van der Waals surface area contributed by atoms with Crippen LogP contribution in [-0.4, -0.2) is 38.7 Å². The molecule has 0 radical (unpaired) electrons. The summed E-state index contributed by atoms with van der Waals surface area (Å²) in [6.45, 7) is 2.92. The summed E-state index contributed by atoms with van der Waals surface area (Å²) in [4.78, 5) is 0.331. The van der Waals surface area contributed by atoms with Crippen molar-refractivity contribution in [1.29, 1.82) is 0 Å². The highest BCUT2D eigenvalue weighted by atomic mass is 32.2. The number of rotatable bonds is 2. The number of ether oxygens (including phenoxy) is 2. The molecule has 0 aromatic heterocycles. The highest BCUT2D eigenvalue weighted by Gasteiger charge is 2.48. The van der Waals surface area contributed by atoms with E-state index in [1.165, 1.54) is 0 Å². The van der Waals surface area contributed by atoms with Gasteiger partial charge in [-0.3, -0.25) is 0 Å². The zero-order chi connectivity index (χ0) is 15.1. The predicted octanol–water partition coefficient (Wildman–Crippen LogP) is 1.39. The SMILES string of the molecule is Cc1cccc(S(=O)(=O)C2CC3(CCC2N)OCCO3)c1. The maximum absolute atomic E-state index is 12.9. The minimum atomic E-state index is -3.48. The Morgan fingerprint density at radius 1 is 1.29 bits per heavy atom. The van der Waals surface area contributed by atoms with E-state index < -0.39 is 20.9 Å². The van der Waals surface area contributed by atoms with Gasteiger partial charge in [0, 0.05) is 18.9 Å². The number of nitrogens with two attached hydrogens (primary N) is 1. The van der Waals surface area contributed by atoms with Crippen LogP contribution < -0.4 is 5.73 Å². The van der Waals surface area contributed by atoms with Gasteiger partial charge in [-0.15, -0.1) is 0 Å². The fourth-order valence-electron chi connectivity index (χ4n) is 3.20. The van der Waals surface area contributed by atoms with E-state index in [-0.39, 0.29) is 6.04 Å². The Morgan fingerprint density at radius 2 is 2.00 bits per heavy atom. The first-order valence-electron chi connectivity index (χ1n) is 7.27. The molecule has 21 heavy (non-hydrogen) atoms. The molecule has 1 aliphatic carbocycles. The number of sulfone groups is 1. The van der Waals surface area contributed by atoms with Gasteiger partial charge in [0.05, 0.1) is 23.4 Å². The standard InChI is InChI=1S/C15H21NO4S/c1-11-3-2-4-12(9-11)21(17,18)14-10-15(6-5-13(14)16)19-7-8-20-15/h2-4,9,13-14H,5-8,10,16H2,1H3. The summed E-state index contributed by atoms with van der Waals surface area (Å²) < 4.78 is 37.1. The second-order valence-electron chi connectivity index (χ2n) is 5.91. The quantitative estimate of drug-likeness (QED) is 0.893. The molecule has 1 heterocycles. The molecule has 2 aliphatic rings. The van der Waals surface area contributed by atoms with E-state index in [4.69, 9.17) is 15.2 Å². The largest absolute Gasteiger partial charge is 0.347 e. The van der Waals surface area contributed by atoms with Crippen molar-refractivity contribution in [2.75, 3.05) is 13.2 Å². The van der Waals surface area contributed by atoms with E-state index >= 15 is 0 Å². The molecule has 116 valence electrons. The predicted molar refractivity (Wildman–Crippen MR) is 78.6 cm³/mol. The zero-order valence-corrected chi connectivity index (χ0v) is 12.9. The van der Waals surface area contributed by atoms with Gasteiger partial charge in [-0.1, -0.05) is 12.1 Å². The lowest BCUT2D eigenvalue weighted by Crippen LogP contribution is -2.52. The molecule has 1 aromatic rings. The Morgan fingerprint density at radius 3 is 2.67 bits per heavy atom. The van der Waals surface area contributed by atoms with Crippen LogP contribution in [0.25, 0.3) is 0 Å². The Labute approximate surface area is 125 Å². The third-order valence-electron chi connectivity index (χ3n) is 4.38. The second kappa shape index (κ2) is 5.35. The molecular formula is C15H21NO4S. The fraction of sp³-hybridized carbons (Fsp3) is 0.600. The van der Waals surface area contributed by atoms with Crippen LogP contribution in [0.1, 0.15) is 24.8 Å². The maximum atomic E-state index is 12.9. The van der Waals surface area contributed by atoms with Crippen LogP contribution in [0.2, 0.25) is 0 Å². The van der Waals surface area contributed by atoms with Gasteiger partial charge in [0.1, 0.15) is 0 Å². The number of hydrogen-bond acceptors (Lipinski definition) is 5. The lowest BCUT2D eigenvalue weighted by atomic mass is 9.90. The van der Waals surface area contributed by atoms with E-state index in [0.29, 0.717) is 37.4 Å². The van der Waals surface area contributed by atoms with Gasteiger partial charge in [0.25, 0.3) is 0 Å². The van der Waals surface area contributed by atoms with E-state index in [2.05, 4.69) is 0 Å². The summed E-state index contributed by atoms with van der Waals surface area (Å²) in [5.41, 5.74) is 7.02. The number of hydrogen-bond donors (Lipinski definition) is 1. The molecule has 2 unspecified atom stereocenters. The second-order valence-corrected chi connectivity index (χ2v) is 8.08. The summed E-state index contributed by atoms with van der Waals surface area (Å²) >= 11 is 0. The Hall–Kier alpha value is -0.950. The van der Waals surface area contributed by atoms with E-state index in [9.17, 15) is 8.42 Å². The van der Waals surface area contributed by atoms with Crippen molar-refractivity contribution in [3.05, 3.63) is 29.8 Å². The first kappa shape index (κ1) is 15.0. The maximum Gasteiger partial charge on any atom is 0.182 e. The highest BCUT2D eigenvalue weighted by Crippen LogP contribution is 2.39. The molecule has 3 rings (SSSR count). The average Bonchev–Trinajstić information content (AvgIpc) is 2.90. The van der Waals surface area contributed by atoms with E-state index in [1.54, 1.807) is 18.2 Å². The van der Waals surface area contributed by atoms with Gasteiger partial charge >= 0.3 is 0 Å². The molecule has 1 aliphatic heterocycles. The lowest BCUT2D eigenvalue weighted by Gasteiger charge is -2.39. The van der Waals surface area contributed by atoms with Crippen molar-refractivity contribution in [2.24, 2.45) is 5.73 Å². The van der Waals surface area contributed by atoms with Crippen molar-refractivity contribution < 1.29 is 17.9 Å². The smallest absolute Gasteiger partial charge is 0.182 e. The zero-order valence-electron chi connectivity index (χ0n) is 12.1. The van der Waals surface area contributed by atoms with Crippen molar-refractivity contribution in [3.63, 3.8) is 0 Å². The molecule has 6 heteroatoms. The van der Waals surface area contributed by atoms with Crippen molar-refractivity contribution >= 4 is 9.84 Å². The summed E-state index contributed by atoms with van der Waals surface area (Å²) in [5, 5.41) is -0.661. The molecule has 0 bridgehead atoms. The molecule has 0 amide bonds. The molecule has 2 N–H and O–H groups in total. The minimum Gasteiger partial charge on any atom is -0.347 e. The molecule has 1 saturated carbocycles. The summed E-state index contributed by atoms with van der Waals surface area (Å²) in [7, 11) is -3.48. The Balaban J connectivity index is 1.93. The van der Waals surface area contributed by atoms with Gasteiger partial charge in [-0.2, -0.15) is 0 Å². The van der Waals surface area contributed by atoms with E-state index in [1.807, 2.05) is 13.0 Å². The Bertz CT molecular complexity index is 622. The average molecular weight is 311 g/mol. The molecule has 1 aromatic carbocycles. The first-order valence-corrected chi connectivity index (χ1v) is 8.82. The molecule has 5 nitrogen and oxygen atoms in total. The van der Waals surface area contributed by atoms with Crippen molar-refractivity contribution in [3.8, 4) is 0 Å². The molecule has 2 atom stereocenters. The molecule has 1 spiro atoms. The summed E-state index contributed by atoms with van der Waals surface area (Å²) in [6.07, 6.45) is 1.56. The Kier molecular flexibility index (Phi) is 3.81. The van der Waals surface area contributed by atoms with Crippen LogP contribution in [0.5, 0.6) is 0 Å². The monoisotopic (exact) mass is 311 g/mol. The normalized spacial score (nSPS) is 28.9. The van der Waals surface area contributed by atoms with Gasteiger partial charge in [0.2, 0.25) is 0 Å². The van der Waals surface area contributed by atoms with Crippen LogP contribution in [0.3, 0.4) is 0 Å². The van der Waals surface area contributed by atoms with Crippen LogP contribution in [0.4, 0.5) is 0 Å². The molecular weight excluding hydrogens is 290 g/mol.